The standard InChI is InChI=1S/C13H20N2O2/c1-10(9-14)7-8-15-12-5-3-11(4-6-12)13(16)17-2/h3-6,10,15H,7-9,14H2,1-2H3. The van der Waals surface area contributed by atoms with Crippen LogP contribution in [0, 0.1) is 5.92 Å². The van der Waals surface area contributed by atoms with Gasteiger partial charge in [-0.15, -0.1) is 0 Å². The van der Waals surface area contributed by atoms with Crippen molar-refractivity contribution < 1.29 is 9.53 Å². The first-order chi connectivity index (χ1) is 8.17. The van der Waals surface area contributed by atoms with E-state index in [-0.39, 0.29) is 5.97 Å². The van der Waals surface area contributed by atoms with Crippen LogP contribution in [-0.2, 0) is 4.74 Å². The highest BCUT2D eigenvalue weighted by atomic mass is 16.5. The minimum Gasteiger partial charge on any atom is -0.465 e. The van der Waals surface area contributed by atoms with E-state index in [2.05, 4.69) is 17.0 Å². The van der Waals surface area contributed by atoms with E-state index in [4.69, 9.17) is 5.73 Å². The Morgan fingerprint density at radius 2 is 2.06 bits per heavy atom. The van der Waals surface area contributed by atoms with Crippen LogP contribution in [0.4, 0.5) is 5.69 Å². The van der Waals surface area contributed by atoms with E-state index >= 15 is 0 Å². The predicted molar refractivity (Wildman–Crippen MR) is 69.1 cm³/mol. The normalized spacial score (nSPS) is 11.9. The molecule has 0 spiro atoms. The summed E-state index contributed by atoms with van der Waals surface area (Å²) >= 11 is 0. The molecule has 0 aliphatic carbocycles. The highest BCUT2D eigenvalue weighted by Gasteiger charge is 2.04. The number of ether oxygens (including phenoxy) is 1. The van der Waals surface area contributed by atoms with Crippen LogP contribution in [0.5, 0.6) is 0 Å². The third kappa shape index (κ3) is 4.44. The number of benzene rings is 1. The fraction of sp³-hybridized carbons (Fsp3) is 0.462. The molecule has 0 bridgehead atoms. The van der Waals surface area contributed by atoms with E-state index in [1.165, 1.54) is 7.11 Å². The average molecular weight is 236 g/mol. The van der Waals surface area contributed by atoms with Gasteiger partial charge in [-0.05, 0) is 43.1 Å². The SMILES string of the molecule is COC(=O)c1ccc(NCCC(C)CN)cc1. The maximum atomic E-state index is 11.2. The number of carbonyl (C=O) groups is 1. The van der Waals surface area contributed by atoms with Crippen LogP contribution in [0.15, 0.2) is 24.3 Å². The maximum absolute atomic E-state index is 11.2. The quantitative estimate of drug-likeness (QED) is 0.740. The van der Waals surface area contributed by atoms with Crippen molar-refractivity contribution >= 4 is 11.7 Å². The molecule has 0 aromatic heterocycles. The van der Waals surface area contributed by atoms with E-state index in [1.807, 2.05) is 12.1 Å². The minimum absolute atomic E-state index is 0.312. The van der Waals surface area contributed by atoms with Crippen molar-refractivity contribution in [3.05, 3.63) is 29.8 Å². The molecule has 17 heavy (non-hydrogen) atoms. The second-order valence-corrected chi connectivity index (χ2v) is 4.13. The van der Waals surface area contributed by atoms with Crippen LogP contribution >= 0.6 is 0 Å². The second kappa shape index (κ2) is 6.91. The summed E-state index contributed by atoms with van der Waals surface area (Å²) in [5, 5.41) is 3.29. The third-order valence-electron chi connectivity index (χ3n) is 2.67. The van der Waals surface area contributed by atoms with E-state index in [9.17, 15) is 4.79 Å². The van der Waals surface area contributed by atoms with E-state index < -0.39 is 0 Å². The van der Waals surface area contributed by atoms with Crippen molar-refractivity contribution in [2.45, 2.75) is 13.3 Å². The molecule has 3 N–H and O–H groups in total. The summed E-state index contributed by atoms with van der Waals surface area (Å²) in [4.78, 5) is 11.2. The zero-order chi connectivity index (χ0) is 12.7. The topological polar surface area (TPSA) is 64.3 Å². The molecule has 1 aromatic carbocycles. The lowest BCUT2D eigenvalue weighted by Crippen LogP contribution is -2.14. The van der Waals surface area contributed by atoms with Gasteiger partial charge < -0.3 is 15.8 Å². The number of anilines is 1. The minimum atomic E-state index is -0.312. The first-order valence-electron chi connectivity index (χ1n) is 5.79. The molecule has 0 amide bonds. The molecule has 1 rings (SSSR count). The van der Waals surface area contributed by atoms with E-state index in [0.717, 1.165) is 18.7 Å². The molecular weight excluding hydrogens is 216 g/mol. The molecule has 0 heterocycles. The van der Waals surface area contributed by atoms with Gasteiger partial charge >= 0.3 is 5.97 Å². The highest BCUT2D eigenvalue weighted by Crippen LogP contribution is 2.11. The van der Waals surface area contributed by atoms with Gasteiger partial charge in [0, 0.05) is 12.2 Å². The molecule has 94 valence electrons. The van der Waals surface area contributed by atoms with Crippen molar-refractivity contribution in [2.24, 2.45) is 11.7 Å². The fourth-order valence-electron chi connectivity index (χ4n) is 1.42. The number of rotatable bonds is 6. The molecular formula is C13H20N2O2. The molecule has 4 heteroatoms. The zero-order valence-electron chi connectivity index (χ0n) is 10.4. The van der Waals surface area contributed by atoms with Gasteiger partial charge in [-0.25, -0.2) is 4.79 Å². The maximum Gasteiger partial charge on any atom is 0.337 e. The number of esters is 1. The first kappa shape index (κ1) is 13.5. The lowest BCUT2D eigenvalue weighted by atomic mass is 10.1. The lowest BCUT2D eigenvalue weighted by Gasteiger charge is -2.10. The number of hydrogen-bond donors (Lipinski definition) is 2. The summed E-state index contributed by atoms with van der Waals surface area (Å²) in [5.41, 5.74) is 7.11. The van der Waals surface area contributed by atoms with E-state index in [0.29, 0.717) is 18.0 Å². The van der Waals surface area contributed by atoms with E-state index in [1.54, 1.807) is 12.1 Å². The second-order valence-electron chi connectivity index (χ2n) is 4.13. The predicted octanol–water partition coefficient (Wildman–Crippen LogP) is 1.87. The molecule has 1 aromatic rings. The van der Waals surface area contributed by atoms with Gasteiger partial charge in [0.15, 0.2) is 0 Å². The summed E-state index contributed by atoms with van der Waals surface area (Å²) < 4.78 is 4.63. The Balaban J connectivity index is 2.43. The first-order valence-corrected chi connectivity index (χ1v) is 5.79. The van der Waals surface area contributed by atoms with Gasteiger partial charge in [-0.2, -0.15) is 0 Å². The van der Waals surface area contributed by atoms with Gasteiger partial charge in [-0.3, -0.25) is 0 Å². The summed E-state index contributed by atoms with van der Waals surface area (Å²) in [5.74, 6) is 0.213. The molecule has 0 fully saturated rings. The Kier molecular flexibility index (Phi) is 5.49. The molecule has 4 nitrogen and oxygen atoms in total. The van der Waals surface area contributed by atoms with Gasteiger partial charge in [0.1, 0.15) is 0 Å². The molecule has 0 aliphatic heterocycles. The zero-order valence-corrected chi connectivity index (χ0v) is 10.4. The fourth-order valence-corrected chi connectivity index (χ4v) is 1.42. The highest BCUT2D eigenvalue weighted by molar-refractivity contribution is 5.89. The van der Waals surface area contributed by atoms with Crippen LogP contribution < -0.4 is 11.1 Å². The van der Waals surface area contributed by atoms with Crippen LogP contribution in [0.2, 0.25) is 0 Å². The smallest absolute Gasteiger partial charge is 0.337 e. The average Bonchev–Trinajstić information content (AvgIpc) is 2.38. The molecule has 1 atom stereocenters. The Hall–Kier alpha value is -1.55. The van der Waals surface area contributed by atoms with Crippen LogP contribution in [0.25, 0.3) is 0 Å². The molecule has 0 aliphatic rings. The number of carbonyl (C=O) groups excluding carboxylic acids is 1. The van der Waals surface area contributed by atoms with Gasteiger partial charge in [0.05, 0.1) is 12.7 Å². The summed E-state index contributed by atoms with van der Waals surface area (Å²) in [7, 11) is 1.38. The lowest BCUT2D eigenvalue weighted by molar-refractivity contribution is 0.0601. The Bertz CT molecular complexity index is 349. The largest absolute Gasteiger partial charge is 0.465 e. The Morgan fingerprint density at radius 3 is 2.59 bits per heavy atom. The summed E-state index contributed by atoms with van der Waals surface area (Å²) in [6.45, 7) is 3.72. The molecule has 0 radical (unpaired) electrons. The van der Waals surface area contributed by atoms with Crippen molar-refractivity contribution in [2.75, 3.05) is 25.5 Å². The monoisotopic (exact) mass is 236 g/mol. The molecule has 1 unspecified atom stereocenters. The summed E-state index contributed by atoms with van der Waals surface area (Å²) in [6, 6.07) is 7.25. The Morgan fingerprint density at radius 1 is 1.41 bits per heavy atom. The molecule has 0 saturated carbocycles. The van der Waals surface area contributed by atoms with Crippen molar-refractivity contribution in [3.63, 3.8) is 0 Å². The molecule has 0 saturated heterocycles. The summed E-state index contributed by atoms with van der Waals surface area (Å²) in [6.07, 6.45) is 1.04. The number of nitrogens with two attached hydrogens (primary N) is 1. The van der Waals surface area contributed by atoms with Gasteiger partial charge in [-0.1, -0.05) is 6.92 Å². The van der Waals surface area contributed by atoms with Crippen molar-refractivity contribution in [3.8, 4) is 0 Å². The van der Waals surface area contributed by atoms with Gasteiger partial charge in [0.25, 0.3) is 0 Å². The van der Waals surface area contributed by atoms with Crippen molar-refractivity contribution in [1.29, 1.82) is 0 Å². The Labute approximate surface area is 102 Å². The van der Waals surface area contributed by atoms with Crippen LogP contribution in [0.3, 0.4) is 0 Å². The van der Waals surface area contributed by atoms with Gasteiger partial charge in [0.2, 0.25) is 0 Å². The van der Waals surface area contributed by atoms with Crippen LogP contribution in [0.1, 0.15) is 23.7 Å². The third-order valence-corrected chi connectivity index (χ3v) is 2.67. The number of nitrogens with one attached hydrogen (secondary N) is 1. The van der Waals surface area contributed by atoms with Crippen molar-refractivity contribution in [1.82, 2.24) is 0 Å². The number of methoxy groups -OCH3 is 1. The van der Waals surface area contributed by atoms with Crippen LogP contribution in [-0.4, -0.2) is 26.2 Å². The number of hydrogen-bond acceptors (Lipinski definition) is 4.